The Morgan fingerprint density at radius 1 is 1.17 bits per heavy atom. The highest BCUT2D eigenvalue weighted by molar-refractivity contribution is 6.05. The number of rotatable bonds is 3. The molecular weight excluding hydrogens is 460 g/mol. The van der Waals surface area contributed by atoms with Gasteiger partial charge in [0.15, 0.2) is 0 Å². The molecule has 0 radical (unpaired) electrons. The van der Waals surface area contributed by atoms with Crippen LogP contribution in [0.2, 0.25) is 0 Å². The Morgan fingerprint density at radius 3 is 2.61 bits per heavy atom. The van der Waals surface area contributed by atoms with E-state index in [0.29, 0.717) is 24.9 Å². The van der Waals surface area contributed by atoms with Crippen LogP contribution >= 0.6 is 0 Å². The zero-order valence-corrected chi connectivity index (χ0v) is 21.0. The molecule has 0 aromatic heterocycles. The Morgan fingerprint density at radius 2 is 1.92 bits per heavy atom. The van der Waals surface area contributed by atoms with Gasteiger partial charge in [0, 0.05) is 50.1 Å². The minimum atomic E-state index is -0.630. The maximum Gasteiger partial charge on any atom is 0.410 e. The molecule has 1 N–H and O–H groups in total. The molecule has 5 heterocycles. The first-order valence-corrected chi connectivity index (χ1v) is 12.6. The van der Waals surface area contributed by atoms with Gasteiger partial charge in [0.05, 0.1) is 12.1 Å². The zero-order chi connectivity index (χ0) is 25.6. The molecule has 1 aromatic rings. The molecule has 3 unspecified atom stereocenters. The molecule has 9 heteroatoms. The minimum Gasteiger partial charge on any atom is -0.444 e. The van der Waals surface area contributed by atoms with Gasteiger partial charge in [-0.3, -0.25) is 29.5 Å². The van der Waals surface area contributed by atoms with Gasteiger partial charge in [0.2, 0.25) is 11.8 Å². The normalized spacial score (nSPS) is 25.5. The second-order valence-corrected chi connectivity index (χ2v) is 11.0. The van der Waals surface area contributed by atoms with Crippen molar-refractivity contribution in [3.8, 4) is 11.8 Å². The summed E-state index contributed by atoms with van der Waals surface area (Å²) in [7, 11) is 0. The average molecular weight is 493 g/mol. The summed E-state index contributed by atoms with van der Waals surface area (Å²) in [6, 6.07) is 5.26. The fourth-order valence-electron chi connectivity index (χ4n) is 5.57. The maximum atomic E-state index is 13.0. The molecule has 0 aliphatic carbocycles. The van der Waals surface area contributed by atoms with Crippen molar-refractivity contribution < 1.29 is 23.9 Å². The number of ether oxygens (including phenoxy) is 1. The van der Waals surface area contributed by atoms with Crippen LogP contribution in [0.3, 0.4) is 0 Å². The molecule has 3 atom stereocenters. The van der Waals surface area contributed by atoms with Crippen molar-refractivity contribution in [1.82, 2.24) is 20.0 Å². The lowest BCUT2D eigenvalue weighted by atomic mass is 9.88. The summed E-state index contributed by atoms with van der Waals surface area (Å²) in [5, 5.41) is 2.33. The van der Waals surface area contributed by atoms with Crippen LogP contribution in [-0.2, 0) is 20.9 Å². The van der Waals surface area contributed by atoms with E-state index in [2.05, 4.69) is 22.1 Å². The molecule has 0 saturated carbocycles. The number of carbonyl (C=O) groups excluding carboxylic acids is 4. The first kappa shape index (κ1) is 24.3. The number of fused-ring (bicyclic) bond motifs is 3. The quantitative estimate of drug-likeness (QED) is 0.511. The Hall–Kier alpha value is -3.38. The number of piperazine rings is 1. The first-order valence-electron chi connectivity index (χ1n) is 12.6. The van der Waals surface area contributed by atoms with Gasteiger partial charge >= 0.3 is 6.09 Å². The Labute approximate surface area is 211 Å². The van der Waals surface area contributed by atoms with Gasteiger partial charge in [0.1, 0.15) is 11.6 Å². The van der Waals surface area contributed by atoms with Crippen molar-refractivity contribution in [3.05, 3.63) is 34.9 Å². The van der Waals surface area contributed by atoms with E-state index in [1.165, 1.54) is 0 Å². The molecule has 1 aromatic carbocycles. The van der Waals surface area contributed by atoms with Crippen LogP contribution in [0.25, 0.3) is 0 Å². The summed E-state index contributed by atoms with van der Waals surface area (Å²) in [4.78, 5) is 55.0. The molecule has 2 bridgehead atoms. The van der Waals surface area contributed by atoms with Gasteiger partial charge in [-0.05, 0) is 51.3 Å². The molecule has 5 aliphatic heterocycles. The predicted octanol–water partition coefficient (Wildman–Crippen LogP) is 1.88. The lowest BCUT2D eigenvalue weighted by Gasteiger charge is -2.55. The second kappa shape index (κ2) is 9.25. The number of amides is 4. The molecule has 0 spiro atoms. The van der Waals surface area contributed by atoms with E-state index in [1.54, 1.807) is 11.0 Å². The Balaban J connectivity index is 1.17. The Kier molecular flexibility index (Phi) is 6.25. The van der Waals surface area contributed by atoms with E-state index in [4.69, 9.17) is 4.74 Å². The fraction of sp³-hybridized carbons (Fsp3) is 0.556. The fourth-order valence-corrected chi connectivity index (χ4v) is 5.57. The maximum absolute atomic E-state index is 13.0. The molecule has 190 valence electrons. The van der Waals surface area contributed by atoms with Crippen molar-refractivity contribution >= 4 is 23.8 Å². The lowest BCUT2D eigenvalue weighted by molar-refractivity contribution is -0.136. The van der Waals surface area contributed by atoms with Gasteiger partial charge in [0.25, 0.3) is 5.91 Å². The first-order chi connectivity index (χ1) is 17.1. The summed E-state index contributed by atoms with van der Waals surface area (Å²) in [6.07, 6.45) is 2.06. The van der Waals surface area contributed by atoms with Gasteiger partial charge < -0.3 is 9.64 Å². The van der Waals surface area contributed by atoms with E-state index < -0.39 is 17.6 Å². The third-order valence-corrected chi connectivity index (χ3v) is 7.23. The second-order valence-electron chi connectivity index (χ2n) is 11.0. The molecule has 36 heavy (non-hydrogen) atoms. The van der Waals surface area contributed by atoms with Gasteiger partial charge in [-0.1, -0.05) is 17.9 Å². The van der Waals surface area contributed by atoms with Gasteiger partial charge in [-0.15, -0.1) is 0 Å². The zero-order valence-electron chi connectivity index (χ0n) is 21.0. The van der Waals surface area contributed by atoms with E-state index >= 15 is 0 Å². The SMILES string of the molecule is CC(C)(C)OC(=O)N1C2CC1CN(CCC#Cc1cccc3c1CN(C1CCC(=O)NC1=O)C3=O)C2. The molecule has 4 fully saturated rings. The van der Waals surface area contributed by atoms with Crippen LogP contribution in [0, 0.1) is 11.8 Å². The van der Waals surface area contributed by atoms with Crippen LogP contribution in [-0.4, -0.2) is 81.9 Å². The van der Waals surface area contributed by atoms with Crippen LogP contribution in [0.4, 0.5) is 4.79 Å². The van der Waals surface area contributed by atoms with Crippen LogP contribution in [0.15, 0.2) is 18.2 Å². The highest BCUT2D eigenvalue weighted by Crippen LogP contribution is 2.34. The lowest BCUT2D eigenvalue weighted by Crippen LogP contribution is -2.70. The molecule has 9 nitrogen and oxygen atoms in total. The van der Waals surface area contributed by atoms with Crippen molar-refractivity contribution in [2.45, 2.75) is 76.7 Å². The number of nitrogens with one attached hydrogen (secondary N) is 1. The molecule has 4 saturated heterocycles. The third-order valence-electron chi connectivity index (χ3n) is 7.23. The molecule has 4 amide bonds. The number of hydrogen-bond donors (Lipinski definition) is 1. The van der Waals surface area contributed by atoms with E-state index in [9.17, 15) is 19.2 Å². The number of carbonyl (C=O) groups is 4. The number of benzene rings is 1. The highest BCUT2D eigenvalue weighted by Gasteiger charge is 2.48. The third kappa shape index (κ3) is 4.70. The monoisotopic (exact) mass is 492 g/mol. The van der Waals surface area contributed by atoms with Gasteiger partial charge in [-0.2, -0.15) is 0 Å². The summed E-state index contributed by atoms with van der Waals surface area (Å²) in [6.45, 7) is 8.45. The number of imide groups is 1. The largest absolute Gasteiger partial charge is 0.444 e. The van der Waals surface area contributed by atoms with Crippen molar-refractivity contribution in [2.75, 3.05) is 19.6 Å². The summed E-state index contributed by atoms with van der Waals surface area (Å²) in [5.74, 6) is 5.58. The summed E-state index contributed by atoms with van der Waals surface area (Å²) in [5.41, 5.74) is 1.72. The molecule has 5 aliphatic rings. The standard InChI is InChI=1S/C27H32N4O5/c1-27(2,3)36-26(35)31-18-13-19(31)15-29(14-18)12-5-4-7-17-8-6-9-20-21(17)16-30(25(20)34)22-10-11-23(32)28-24(22)33/h6,8-9,18-19,22H,5,10-16H2,1-3H3,(H,28,32,33). The predicted molar refractivity (Wildman–Crippen MR) is 131 cm³/mol. The topological polar surface area (TPSA) is 99.3 Å². The van der Waals surface area contributed by atoms with E-state index in [-0.39, 0.29) is 36.4 Å². The Bertz CT molecular complexity index is 1160. The number of piperidine rings is 2. The van der Waals surface area contributed by atoms with Crippen molar-refractivity contribution in [2.24, 2.45) is 0 Å². The van der Waals surface area contributed by atoms with Crippen LogP contribution in [0.5, 0.6) is 0 Å². The smallest absolute Gasteiger partial charge is 0.410 e. The average Bonchev–Trinajstić information content (AvgIpc) is 3.12. The van der Waals surface area contributed by atoms with Crippen molar-refractivity contribution in [1.29, 1.82) is 0 Å². The highest BCUT2D eigenvalue weighted by atomic mass is 16.6. The summed E-state index contributed by atoms with van der Waals surface area (Å²) < 4.78 is 5.54. The number of nitrogens with zero attached hydrogens (tertiary/aromatic N) is 3. The minimum absolute atomic E-state index is 0.190. The van der Waals surface area contributed by atoms with E-state index in [0.717, 1.165) is 37.2 Å². The number of hydrogen-bond acceptors (Lipinski definition) is 6. The molecular formula is C27H32N4O5. The van der Waals surface area contributed by atoms with Gasteiger partial charge in [-0.25, -0.2) is 4.79 Å². The summed E-state index contributed by atoms with van der Waals surface area (Å²) >= 11 is 0. The van der Waals surface area contributed by atoms with Crippen molar-refractivity contribution in [3.63, 3.8) is 0 Å². The molecule has 6 rings (SSSR count). The van der Waals surface area contributed by atoms with Crippen LogP contribution in [0.1, 0.15) is 67.9 Å². The van der Waals surface area contributed by atoms with E-state index in [1.807, 2.05) is 37.8 Å². The van der Waals surface area contributed by atoms with Crippen LogP contribution < -0.4 is 5.32 Å².